The number of carbonyl (C=O) groups excluding carboxylic acids is 1. The summed E-state index contributed by atoms with van der Waals surface area (Å²) >= 11 is 0. The predicted molar refractivity (Wildman–Crippen MR) is 114 cm³/mol. The monoisotopic (exact) mass is 379 g/mol. The molecule has 1 aromatic heterocycles. The maximum absolute atomic E-state index is 11.8. The van der Waals surface area contributed by atoms with Gasteiger partial charge in [0.25, 0.3) is 0 Å². The van der Waals surface area contributed by atoms with Gasteiger partial charge in [-0.05, 0) is 17.7 Å². The molecule has 2 heterocycles. The Bertz CT molecular complexity index is 1030. The number of nitrogens with two attached hydrogens (primary N) is 2. The Morgan fingerprint density at radius 3 is 2.75 bits per heavy atom. The van der Waals surface area contributed by atoms with Crippen LogP contribution in [0.4, 0.5) is 0 Å². The van der Waals surface area contributed by atoms with Crippen molar-refractivity contribution in [3.8, 4) is 0 Å². The summed E-state index contributed by atoms with van der Waals surface area (Å²) < 4.78 is 1.83. The van der Waals surface area contributed by atoms with Crippen LogP contribution in [0.5, 0.6) is 0 Å². The van der Waals surface area contributed by atoms with E-state index in [0.29, 0.717) is 25.3 Å². The van der Waals surface area contributed by atoms with Gasteiger partial charge in [0, 0.05) is 63.3 Å². The number of allylic oxidation sites excluding steroid dienone is 1. The molecule has 1 amide bonds. The maximum Gasteiger partial charge on any atom is 0.219 e. The first-order chi connectivity index (χ1) is 13.5. The highest BCUT2D eigenvalue weighted by Crippen LogP contribution is 2.24. The zero-order chi connectivity index (χ0) is 20.3. The number of hydrogen-bond donors (Lipinski definition) is 2. The average Bonchev–Trinajstić information content (AvgIpc) is 3.14. The molecule has 0 unspecified atom stereocenters. The third-order valence-corrected chi connectivity index (χ3v) is 4.93. The molecule has 4 N–H and O–H groups in total. The number of fused-ring (bicyclic) bond motifs is 1. The van der Waals surface area contributed by atoms with Crippen molar-refractivity contribution >= 4 is 40.3 Å². The molecule has 0 bridgehead atoms. The molecule has 0 saturated carbocycles. The molecule has 3 rings (SSSR count). The molecule has 1 aliphatic rings. The van der Waals surface area contributed by atoms with Gasteiger partial charge in [0.1, 0.15) is 12.1 Å². The van der Waals surface area contributed by atoms with E-state index in [9.17, 15) is 4.79 Å². The van der Waals surface area contributed by atoms with Gasteiger partial charge in [-0.1, -0.05) is 6.07 Å². The van der Waals surface area contributed by atoms with Gasteiger partial charge >= 0.3 is 0 Å². The van der Waals surface area contributed by atoms with Crippen molar-refractivity contribution < 1.29 is 4.79 Å². The van der Waals surface area contributed by atoms with Gasteiger partial charge in [0.05, 0.1) is 17.6 Å². The SMILES string of the molecule is CN=CC(=CN)c1ccc2ncn(C(N)=C3CN(C(C)=O)CCC3=NC)c2c1. The molecule has 1 aliphatic heterocycles. The second-order valence-electron chi connectivity index (χ2n) is 6.55. The highest BCUT2D eigenvalue weighted by Gasteiger charge is 2.24. The molecule has 0 aliphatic carbocycles. The van der Waals surface area contributed by atoms with Crippen molar-refractivity contribution in [3.05, 3.63) is 41.9 Å². The number of likely N-dealkylation sites (tertiary alicyclic amines) is 1. The molecule has 0 radical (unpaired) electrons. The standard InChI is InChI=1S/C20H25N7O/c1-13(28)26-7-6-17(24-3)16(11-26)20(22)27-12-25-18-5-4-14(8-19(18)27)15(9-21)10-23-2/h4-5,8-10,12H,6-7,11,21-22H2,1-3H3. The second kappa shape index (κ2) is 8.08. The molecule has 1 fully saturated rings. The van der Waals surface area contributed by atoms with Crippen LogP contribution in [0.25, 0.3) is 22.4 Å². The van der Waals surface area contributed by atoms with Gasteiger partial charge < -0.3 is 16.4 Å². The summed E-state index contributed by atoms with van der Waals surface area (Å²) in [7, 11) is 3.45. The summed E-state index contributed by atoms with van der Waals surface area (Å²) in [5.41, 5.74) is 17.4. The summed E-state index contributed by atoms with van der Waals surface area (Å²) in [6.07, 6.45) is 5.59. The lowest BCUT2D eigenvalue weighted by Gasteiger charge is -2.30. The van der Waals surface area contributed by atoms with Crippen LogP contribution in [-0.2, 0) is 4.79 Å². The fourth-order valence-electron chi connectivity index (χ4n) is 3.37. The molecule has 1 aromatic carbocycles. The minimum atomic E-state index is 0.0230. The van der Waals surface area contributed by atoms with Gasteiger partial charge in [-0.15, -0.1) is 0 Å². The lowest BCUT2D eigenvalue weighted by Crippen LogP contribution is -2.40. The zero-order valence-corrected chi connectivity index (χ0v) is 16.4. The van der Waals surface area contributed by atoms with Crippen molar-refractivity contribution in [3.63, 3.8) is 0 Å². The van der Waals surface area contributed by atoms with Gasteiger partial charge in [-0.3, -0.25) is 19.3 Å². The number of aromatic nitrogens is 2. The van der Waals surface area contributed by atoms with Gasteiger partial charge in [0.15, 0.2) is 0 Å². The third kappa shape index (κ3) is 3.53. The lowest BCUT2D eigenvalue weighted by molar-refractivity contribution is -0.128. The molecule has 2 aromatic rings. The number of imidazole rings is 1. The summed E-state index contributed by atoms with van der Waals surface area (Å²) in [6.45, 7) is 2.65. The van der Waals surface area contributed by atoms with E-state index in [0.717, 1.165) is 33.5 Å². The van der Waals surface area contributed by atoms with Crippen LogP contribution in [-0.4, -0.2) is 59.5 Å². The molecule has 146 valence electrons. The summed E-state index contributed by atoms with van der Waals surface area (Å²) in [4.78, 5) is 26.5. The number of carbonyl (C=O) groups is 1. The molecule has 8 heteroatoms. The van der Waals surface area contributed by atoms with Gasteiger partial charge in [0.2, 0.25) is 5.91 Å². The fourth-order valence-corrected chi connectivity index (χ4v) is 3.37. The first kappa shape index (κ1) is 19.3. The second-order valence-corrected chi connectivity index (χ2v) is 6.55. The van der Waals surface area contributed by atoms with Crippen LogP contribution in [0.2, 0.25) is 0 Å². The normalized spacial score (nSPS) is 19.0. The predicted octanol–water partition coefficient (Wildman–Crippen LogP) is 1.49. The van der Waals surface area contributed by atoms with Gasteiger partial charge in [-0.25, -0.2) is 4.98 Å². The Balaban J connectivity index is 2.13. The van der Waals surface area contributed by atoms with Crippen LogP contribution in [0.3, 0.4) is 0 Å². The lowest BCUT2D eigenvalue weighted by atomic mass is 10.0. The van der Waals surface area contributed by atoms with Gasteiger partial charge in [-0.2, -0.15) is 0 Å². The van der Waals surface area contributed by atoms with E-state index >= 15 is 0 Å². The molecular weight excluding hydrogens is 354 g/mol. The van der Waals surface area contributed by atoms with Crippen LogP contribution in [0.15, 0.2) is 46.3 Å². The summed E-state index contributed by atoms with van der Waals surface area (Å²) in [6, 6.07) is 5.84. The quantitative estimate of drug-likeness (QED) is 0.786. The fraction of sp³-hybridized carbons (Fsp3) is 0.300. The molecule has 1 saturated heterocycles. The molecule has 0 spiro atoms. The summed E-state index contributed by atoms with van der Waals surface area (Å²) in [5.74, 6) is 0.545. The third-order valence-electron chi connectivity index (χ3n) is 4.93. The van der Waals surface area contributed by atoms with E-state index in [1.807, 2.05) is 22.8 Å². The smallest absolute Gasteiger partial charge is 0.219 e. The van der Waals surface area contributed by atoms with Crippen molar-refractivity contribution in [2.45, 2.75) is 13.3 Å². The van der Waals surface area contributed by atoms with Crippen LogP contribution < -0.4 is 11.5 Å². The highest BCUT2D eigenvalue weighted by molar-refractivity contribution is 6.10. The molecule has 0 atom stereocenters. The number of aliphatic imine (C=N–C) groups is 2. The van der Waals surface area contributed by atoms with E-state index < -0.39 is 0 Å². The maximum atomic E-state index is 11.8. The van der Waals surface area contributed by atoms with E-state index in [1.54, 1.807) is 38.5 Å². The van der Waals surface area contributed by atoms with Crippen molar-refractivity contribution in [2.75, 3.05) is 27.2 Å². The highest BCUT2D eigenvalue weighted by atomic mass is 16.2. The molecule has 28 heavy (non-hydrogen) atoms. The first-order valence-electron chi connectivity index (χ1n) is 9.02. The van der Waals surface area contributed by atoms with Crippen LogP contribution >= 0.6 is 0 Å². The Labute approximate surface area is 164 Å². The van der Waals surface area contributed by atoms with Crippen molar-refractivity contribution in [1.82, 2.24) is 14.5 Å². The number of hydrogen-bond acceptors (Lipinski definition) is 6. The van der Waals surface area contributed by atoms with E-state index in [-0.39, 0.29) is 5.91 Å². The van der Waals surface area contributed by atoms with Crippen LogP contribution in [0.1, 0.15) is 18.9 Å². The first-order valence-corrected chi connectivity index (χ1v) is 9.02. The molecular formula is C20H25N7O. The van der Waals surface area contributed by atoms with Crippen LogP contribution in [0, 0.1) is 0 Å². The Morgan fingerprint density at radius 2 is 2.11 bits per heavy atom. The van der Waals surface area contributed by atoms with E-state index in [2.05, 4.69) is 15.0 Å². The van der Waals surface area contributed by atoms with E-state index in [4.69, 9.17) is 11.5 Å². The van der Waals surface area contributed by atoms with Crippen molar-refractivity contribution in [1.29, 1.82) is 0 Å². The number of benzene rings is 1. The Morgan fingerprint density at radius 1 is 1.32 bits per heavy atom. The number of nitrogens with zero attached hydrogens (tertiary/aromatic N) is 5. The topological polar surface area (TPSA) is 115 Å². The number of rotatable bonds is 3. The minimum absolute atomic E-state index is 0.0230. The Kier molecular flexibility index (Phi) is 5.58. The van der Waals surface area contributed by atoms with E-state index in [1.165, 1.54) is 6.20 Å². The number of amides is 1. The largest absolute Gasteiger partial charge is 0.404 e. The Hall–Kier alpha value is -3.42. The van der Waals surface area contributed by atoms with Crippen molar-refractivity contribution in [2.24, 2.45) is 21.5 Å². The minimum Gasteiger partial charge on any atom is -0.404 e. The number of piperidine rings is 1. The average molecular weight is 379 g/mol. The zero-order valence-electron chi connectivity index (χ0n) is 16.4. The summed E-state index contributed by atoms with van der Waals surface area (Å²) in [5, 5.41) is 0. The molecule has 8 nitrogen and oxygen atoms in total.